The van der Waals surface area contributed by atoms with Gasteiger partial charge in [-0.1, -0.05) is 6.07 Å². The fraction of sp³-hybridized carbons (Fsp3) is 0.467. The molecule has 0 aliphatic heterocycles. The van der Waals surface area contributed by atoms with E-state index < -0.39 is 11.6 Å². The lowest BCUT2D eigenvalue weighted by Gasteiger charge is -2.24. The van der Waals surface area contributed by atoms with Gasteiger partial charge < -0.3 is 4.74 Å². The molecule has 0 aliphatic carbocycles. The van der Waals surface area contributed by atoms with Gasteiger partial charge in [-0.25, -0.2) is 0 Å². The number of Topliss-reactive ketones (excluding diaryl/α,β-unsaturated/α-hetero) is 1. The molecule has 3 nitrogen and oxygen atoms in total. The Morgan fingerprint density at radius 2 is 1.50 bits per heavy atom. The zero-order chi connectivity index (χ0) is 14.1. The number of ether oxygens (including phenoxy) is 1. The van der Waals surface area contributed by atoms with Crippen LogP contribution in [0.1, 0.15) is 47.8 Å². The minimum atomic E-state index is -1.13. The van der Waals surface area contributed by atoms with Gasteiger partial charge in [0, 0.05) is 12.5 Å². The Labute approximate surface area is 108 Å². The SMILES string of the molecule is CC(=O)OC(C)(C)C(=O)c1cc(C)c(C)cc1C. The highest BCUT2D eigenvalue weighted by Crippen LogP contribution is 2.22. The van der Waals surface area contributed by atoms with Crippen molar-refractivity contribution in [2.45, 2.75) is 47.1 Å². The predicted molar refractivity (Wildman–Crippen MR) is 70.8 cm³/mol. The Bertz CT molecular complexity index is 499. The molecular formula is C15H20O3. The van der Waals surface area contributed by atoms with Gasteiger partial charge in [-0.2, -0.15) is 0 Å². The number of aryl methyl sites for hydroxylation is 3. The fourth-order valence-electron chi connectivity index (χ4n) is 1.94. The molecule has 0 amide bonds. The summed E-state index contributed by atoms with van der Waals surface area (Å²) < 4.78 is 5.09. The average molecular weight is 248 g/mol. The second kappa shape index (κ2) is 4.92. The van der Waals surface area contributed by atoms with Crippen molar-refractivity contribution in [2.24, 2.45) is 0 Å². The average Bonchev–Trinajstić information content (AvgIpc) is 2.20. The molecule has 0 heterocycles. The van der Waals surface area contributed by atoms with E-state index in [0.717, 1.165) is 16.7 Å². The Hall–Kier alpha value is -1.64. The summed E-state index contributed by atoms with van der Waals surface area (Å²) in [7, 11) is 0. The normalized spacial score (nSPS) is 11.2. The van der Waals surface area contributed by atoms with Crippen molar-refractivity contribution in [3.63, 3.8) is 0 Å². The number of hydrogen-bond donors (Lipinski definition) is 0. The first-order valence-corrected chi connectivity index (χ1v) is 5.97. The number of ketones is 1. The van der Waals surface area contributed by atoms with E-state index in [2.05, 4.69) is 0 Å². The highest BCUT2D eigenvalue weighted by Gasteiger charge is 2.32. The molecule has 3 heteroatoms. The number of carbonyl (C=O) groups excluding carboxylic acids is 2. The molecule has 0 spiro atoms. The van der Waals surface area contributed by atoms with Crippen molar-refractivity contribution in [3.8, 4) is 0 Å². The molecule has 0 bridgehead atoms. The van der Waals surface area contributed by atoms with Crippen LogP contribution in [-0.4, -0.2) is 17.4 Å². The first-order valence-electron chi connectivity index (χ1n) is 5.97. The summed E-state index contributed by atoms with van der Waals surface area (Å²) >= 11 is 0. The number of hydrogen-bond acceptors (Lipinski definition) is 3. The maximum atomic E-state index is 12.4. The molecule has 0 aliphatic rings. The molecule has 98 valence electrons. The van der Waals surface area contributed by atoms with Crippen molar-refractivity contribution in [1.29, 1.82) is 0 Å². The maximum Gasteiger partial charge on any atom is 0.303 e. The van der Waals surface area contributed by atoms with E-state index in [9.17, 15) is 9.59 Å². The highest BCUT2D eigenvalue weighted by atomic mass is 16.6. The van der Waals surface area contributed by atoms with Gasteiger partial charge in [-0.3, -0.25) is 9.59 Å². The van der Waals surface area contributed by atoms with Gasteiger partial charge in [-0.15, -0.1) is 0 Å². The molecule has 1 aromatic carbocycles. The zero-order valence-corrected chi connectivity index (χ0v) is 11.9. The van der Waals surface area contributed by atoms with Gasteiger partial charge in [0.15, 0.2) is 5.60 Å². The quantitative estimate of drug-likeness (QED) is 0.609. The van der Waals surface area contributed by atoms with Crippen LogP contribution >= 0.6 is 0 Å². The van der Waals surface area contributed by atoms with Gasteiger partial charge in [0.05, 0.1) is 0 Å². The lowest BCUT2D eigenvalue weighted by Crippen LogP contribution is -2.37. The topological polar surface area (TPSA) is 43.4 Å². The molecule has 1 aromatic rings. The maximum absolute atomic E-state index is 12.4. The lowest BCUT2D eigenvalue weighted by atomic mass is 9.90. The van der Waals surface area contributed by atoms with Crippen molar-refractivity contribution in [2.75, 3.05) is 0 Å². The van der Waals surface area contributed by atoms with Crippen LogP contribution in [0, 0.1) is 20.8 Å². The Balaban J connectivity index is 3.19. The van der Waals surface area contributed by atoms with Gasteiger partial charge in [-0.05, 0) is 57.4 Å². The minimum absolute atomic E-state index is 0.168. The van der Waals surface area contributed by atoms with Crippen LogP contribution in [0.3, 0.4) is 0 Å². The second-order valence-corrected chi connectivity index (χ2v) is 5.18. The van der Waals surface area contributed by atoms with E-state index in [1.165, 1.54) is 6.92 Å². The third kappa shape index (κ3) is 2.97. The number of esters is 1. The van der Waals surface area contributed by atoms with Crippen molar-refractivity contribution < 1.29 is 14.3 Å². The summed E-state index contributed by atoms with van der Waals surface area (Å²) in [5, 5.41) is 0. The summed E-state index contributed by atoms with van der Waals surface area (Å²) in [6.07, 6.45) is 0. The van der Waals surface area contributed by atoms with Gasteiger partial charge in [0.1, 0.15) is 0 Å². The third-order valence-electron chi connectivity index (χ3n) is 3.03. The largest absolute Gasteiger partial charge is 0.451 e. The Kier molecular flexibility index (Phi) is 3.95. The summed E-state index contributed by atoms with van der Waals surface area (Å²) in [4.78, 5) is 23.4. The summed E-state index contributed by atoms with van der Waals surface area (Å²) in [5.41, 5.74) is 2.60. The first kappa shape index (κ1) is 14.4. The molecule has 0 aromatic heterocycles. The van der Waals surface area contributed by atoms with E-state index in [1.807, 2.05) is 32.9 Å². The van der Waals surface area contributed by atoms with E-state index in [-0.39, 0.29) is 5.78 Å². The third-order valence-corrected chi connectivity index (χ3v) is 3.03. The number of benzene rings is 1. The highest BCUT2D eigenvalue weighted by molar-refractivity contribution is 6.04. The van der Waals surface area contributed by atoms with Crippen LogP contribution in [0.5, 0.6) is 0 Å². The summed E-state index contributed by atoms with van der Waals surface area (Å²) in [6, 6.07) is 3.84. The summed E-state index contributed by atoms with van der Waals surface area (Å²) in [6.45, 7) is 10.4. The molecule has 0 N–H and O–H groups in total. The molecule has 0 saturated carbocycles. The minimum Gasteiger partial charge on any atom is -0.451 e. The number of carbonyl (C=O) groups is 2. The molecule has 0 fully saturated rings. The van der Waals surface area contributed by atoms with E-state index in [4.69, 9.17) is 4.74 Å². The van der Waals surface area contributed by atoms with E-state index in [1.54, 1.807) is 13.8 Å². The standard InChI is InChI=1S/C15H20O3/c1-9-7-11(3)13(8-10(9)2)14(17)15(5,6)18-12(4)16/h7-8H,1-6H3. The predicted octanol–water partition coefficient (Wildman–Crippen LogP) is 3.14. The smallest absolute Gasteiger partial charge is 0.303 e. The van der Waals surface area contributed by atoms with Gasteiger partial charge in [0.25, 0.3) is 0 Å². The Morgan fingerprint density at radius 1 is 1.00 bits per heavy atom. The van der Waals surface area contributed by atoms with Crippen LogP contribution in [0.4, 0.5) is 0 Å². The van der Waals surface area contributed by atoms with Crippen molar-refractivity contribution in [1.82, 2.24) is 0 Å². The molecule has 18 heavy (non-hydrogen) atoms. The van der Waals surface area contributed by atoms with Crippen LogP contribution in [0.25, 0.3) is 0 Å². The molecule has 0 unspecified atom stereocenters. The molecule has 0 saturated heterocycles. The monoisotopic (exact) mass is 248 g/mol. The van der Waals surface area contributed by atoms with E-state index in [0.29, 0.717) is 5.56 Å². The second-order valence-electron chi connectivity index (χ2n) is 5.18. The Morgan fingerprint density at radius 3 is 2.00 bits per heavy atom. The molecule has 0 atom stereocenters. The van der Waals surface area contributed by atoms with Crippen LogP contribution in [0.2, 0.25) is 0 Å². The fourth-order valence-corrected chi connectivity index (χ4v) is 1.94. The van der Waals surface area contributed by atoms with Crippen molar-refractivity contribution in [3.05, 3.63) is 34.4 Å². The van der Waals surface area contributed by atoms with Gasteiger partial charge >= 0.3 is 5.97 Å². The molecule has 0 radical (unpaired) electrons. The van der Waals surface area contributed by atoms with Crippen molar-refractivity contribution >= 4 is 11.8 Å². The summed E-state index contributed by atoms with van der Waals surface area (Å²) in [5.74, 6) is -0.617. The van der Waals surface area contributed by atoms with Crippen LogP contribution < -0.4 is 0 Å². The zero-order valence-electron chi connectivity index (χ0n) is 11.9. The molecular weight excluding hydrogens is 228 g/mol. The van der Waals surface area contributed by atoms with Crippen LogP contribution in [0.15, 0.2) is 12.1 Å². The van der Waals surface area contributed by atoms with E-state index >= 15 is 0 Å². The first-order chi connectivity index (χ1) is 8.15. The van der Waals surface area contributed by atoms with Gasteiger partial charge in [0.2, 0.25) is 5.78 Å². The number of rotatable bonds is 3. The van der Waals surface area contributed by atoms with Crippen LogP contribution in [-0.2, 0) is 9.53 Å². The lowest BCUT2D eigenvalue weighted by molar-refractivity contribution is -0.149. The molecule has 1 rings (SSSR count).